The van der Waals surface area contributed by atoms with Gasteiger partial charge in [-0.1, -0.05) is 13.8 Å². The van der Waals surface area contributed by atoms with Gasteiger partial charge in [-0.05, 0) is 38.5 Å². The third kappa shape index (κ3) is 2.77. The third-order valence-corrected chi connectivity index (χ3v) is 4.24. The summed E-state index contributed by atoms with van der Waals surface area (Å²) in [7, 11) is 0. The molecular formula is C15H26N2O2. The molecule has 108 valence electrons. The van der Waals surface area contributed by atoms with Crippen LogP contribution in [0.3, 0.4) is 0 Å². The van der Waals surface area contributed by atoms with Gasteiger partial charge < -0.3 is 9.80 Å². The molecule has 1 heterocycles. The number of hydrogen-bond donors (Lipinski definition) is 0. The minimum Gasteiger partial charge on any atom is -0.342 e. The van der Waals surface area contributed by atoms with E-state index in [2.05, 4.69) is 13.8 Å². The largest absolute Gasteiger partial charge is 0.342 e. The highest BCUT2D eigenvalue weighted by atomic mass is 16.2. The van der Waals surface area contributed by atoms with Crippen molar-refractivity contribution in [2.75, 3.05) is 26.2 Å². The van der Waals surface area contributed by atoms with Crippen molar-refractivity contribution in [2.45, 2.75) is 52.4 Å². The molecular weight excluding hydrogens is 240 g/mol. The van der Waals surface area contributed by atoms with Crippen molar-refractivity contribution in [1.29, 1.82) is 0 Å². The van der Waals surface area contributed by atoms with Crippen LogP contribution in [0.2, 0.25) is 0 Å². The van der Waals surface area contributed by atoms with Gasteiger partial charge in [0.2, 0.25) is 11.8 Å². The Labute approximate surface area is 116 Å². The van der Waals surface area contributed by atoms with Crippen molar-refractivity contribution < 1.29 is 9.59 Å². The molecule has 4 nitrogen and oxygen atoms in total. The summed E-state index contributed by atoms with van der Waals surface area (Å²) in [4.78, 5) is 29.1. The second-order valence-corrected chi connectivity index (χ2v) is 5.87. The summed E-state index contributed by atoms with van der Waals surface area (Å²) in [6, 6.07) is 0. The monoisotopic (exact) mass is 266 g/mol. The van der Waals surface area contributed by atoms with Crippen LogP contribution in [0.25, 0.3) is 0 Å². The second kappa shape index (κ2) is 5.93. The van der Waals surface area contributed by atoms with E-state index in [4.69, 9.17) is 0 Å². The number of amides is 2. The van der Waals surface area contributed by atoms with Gasteiger partial charge in [0.05, 0.1) is 0 Å². The van der Waals surface area contributed by atoms with Crippen molar-refractivity contribution >= 4 is 11.8 Å². The molecule has 2 aliphatic rings. The molecule has 0 aromatic carbocycles. The summed E-state index contributed by atoms with van der Waals surface area (Å²) in [6.45, 7) is 7.41. The van der Waals surface area contributed by atoms with Gasteiger partial charge in [-0.2, -0.15) is 0 Å². The van der Waals surface area contributed by atoms with Crippen LogP contribution in [-0.4, -0.2) is 47.8 Å². The first-order valence-electron chi connectivity index (χ1n) is 7.74. The fourth-order valence-electron chi connectivity index (χ4n) is 3.02. The van der Waals surface area contributed by atoms with Crippen molar-refractivity contribution in [3.05, 3.63) is 0 Å². The van der Waals surface area contributed by atoms with Crippen LogP contribution in [0.4, 0.5) is 0 Å². The molecule has 1 aliphatic heterocycles. The molecule has 0 N–H and O–H groups in total. The number of nitrogens with zero attached hydrogens (tertiary/aromatic N) is 2. The number of rotatable bonds is 6. The molecule has 0 atom stereocenters. The zero-order chi connectivity index (χ0) is 13.9. The average molecular weight is 266 g/mol. The van der Waals surface area contributed by atoms with Crippen LogP contribution in [0, 0.1) is 5.41 Å². The predicted molar refractivity (Wildman–Crippen MR) is 74.6 cm³/mol. The normalized spacial score (nSPS) is 20.4. The van der Waals surface area contributed by atoms with E-state index in [0.29, 0.717) is 0 Å². The lowest BCUT2D eigenvalue weighted by Gasteiger charge is -2.28. The van der Waals surface area contributed by atoms with Gasteiger partial charge >= 0.3 is 0 Å². The highest BCUT2D eigenvalue weighted by Crippen LogP contribution is 2.49. The number of likely N-dealkylation sites (tertiary alicyclic amines) is 1. The summed E-state index contributed by atoms with van der Waals surface area (Å²) in [5.41, 5.74) is -0.672. The zero-order valence-corrected chi connectivity index (χ0v) is 12.3. The van der Waals surface area contributed by atoms with E-state index in [-0.39, 0.29) is 11.8 Å². The van der Waals surface area contributed by atoms with Crippen molar-refractivity contribution in [3.63, 3.8) is 0 Å². The van der Waals surface area contributed by atoms with Crippen LogP contribution in [-0.2, 0) is 9.59 Å². The lowest BCUT2D eigenvalue weighted by molar-refractivity contribution is -0.149. The highest BCUT2D eigenvalue weighted by Gasteiger charge is 2.59. The molecule has 2 amide bonds. The Bertz CT molecular complexity index is 338. The van der Waals surface area contributed by atoms with Crippen LogP contribution in [0.5, 0.6) is 0 Å². The van der Waals surface area contributed by atoms with E-state index in [9.17, 15) is 9.59 Å². The fourth-order valence-corrected chi connectivity index (χ4v) is 3.02. The SMILES string of the molecule is CCCN(CCC)C(=O)C1(C(=O)N2CCCC2)CC1. The Balaban J connectivity index is 2.05. The lowest BCUT2D eigenvalue weighted by Crippen LogP contribution is -2.46. The van der Waals surface area contributed by atoms with Gasteiger partial charge in [0.25, 0.3) is 0 Å². The fraction of sp³-hybridized carbons (Fsp3) is 0.867. The van der Waals surface area contributed by atoms with Gasteiger partial charge in [0.1, 0.15) is 5.41 Å². The molecule has 4 heteroatoms. The van der Waals surface area contributed by atoms with Crippen molar-refractivity contribution in [3.8, 4) is 0 Å². The van der Waals surface area contributed by atoms with Gasteiger partial charge in [0.15, 0.2) is 0 Å². The summed E-state index contributed by atoms with van der Waals surface area (Å²) < 4.78 is 0. The molecule has 1 aliphatic carbocycles. The molecule has 1 saturated carbocycles. The molecule has 0 unspecified atom stereocenters. The van der Waals surface area contributed by atoms with E-state index < -0.39 is 5.41 Å². The maximum Gasteiger partial charge on any atom is 0.238 e. The molecule has 0 bridgehead atoms. The van der Waals surface area contributed by atoms with E-state index in [0.717, 1.165) is 64.7 Å². The maximum absolute atomic E-state index is 12.7. The number of hydrogen-bond acceptors (Lipinski definition) is 2. The van der Waals surface area contributed by atoms with Crippen LogP contribution >= 0.6 is 0 Å². The topological polar surface area (TPSA) is 40.6 Å². The van der Waals surface area contributed by atoms with Crippen LogP contribution in [0.1, 0.15) is 52.4 Å². The summed E-state index contributed by atoms with van der Waals surface area (Å²) in [5.74, 6) is 0.195. The smallest absolute Gasteiger partial charge is 0.238 e. The average Bonchev–Trinajstić information content (AvgIpc) is 3.04. The molecule has 1 saturated heterocycles. The molecule has 0 spiro atoms. The first-order chi connectivity index (χ1) is 9.15. The van der Waals surface area contributed by atoms with Crippen molar-refractivity contribution in [1.82, 2.24) is 9.80 Å². The third-order valence-electron chi connectivity index (χ3n) is 4.24. The minimum atomic E-state index is -0.672. The first kappa shape index (κ1) is 14.4. The Hall–Kier alpha value is -1.06. The lowest BCUT2D eigenvalue weighted by atomic mass is 10.0. The zero-order valence-electron chi connectivity index (χ0n) is 12.3. The Morgan fingerprint density at radius 3 is 2.00 bits per heavy atom. The first-order valence-corrected chi connectivity index (χ1v) is 7.74. The molecule has 19 heavy (non-hydrogen) atoms. The van der Waals surface area contributed by atoms with Gasteiger partial charge in [-0.3, -0.25) is 9.59 Å². The van der Waals surface area contributed by atoms with Crippen molar-refractivity contribution in [2.24, 2.45) is 5.41 Å². The summed E-state index contributed by atoms with van der Waals surface area (Å²) in [6.07, 6.45) is 5.60. The molecule has 2 fully saturated rings. The molecule has 2 rings (SSSR count). The van der Waals surface area contributed by atoms with Crippen LogP contribution < -0.4 is 0 Å². The summed E-state index contributed by atoms with van der Waals surface area (Å²) in [5, 5.41) is 0. The Morgan fingerprint density at radius 1 is 1.05 bits per heavy atom. The summed E-state index contributed by atoms with van der Waals surface area (Å²) >= 11 is 0. The highest BCUT2D eigenvalue weighted by molar-refractivity contribution is 6.07. The molecule has 0 radical (unpaired) electrons. The number of carbonyl (C=O) groups is 2. The van der Waals surface area contributed by atoms with E-state index in [1.54, 1.807) is 0 Å². The standard InChI is InChI=1S/C15H26N2O2/c1-3-9-16(10-4-2)13(18)15(7-8-15)14(19)17-11-5-6-12-17/h3-12H2,1-2H3. The van der Waals surface area contributed by atoms with Gasteiger partial charge in [-0.25, -0.2) is 0 Å². The maximum atomic E-state index is 12.7. The Morgan fingerprint density at radius 2 is 1.58 bits per heavy atom. The van der Waals surface area contributed by atoms with Gasteiger partial charge in [-0.15, -0.1) is 0 Å². The minimum absolute atomic E-state index is 0.0908. The second-order valence-electron chi connectivity index (χ2n) is 5.87. The van der Waals surface area contributed by atoms with E-state index in [1.165, 1.54) is 0 Å². The van der Waals surface area contributed by atoms with E-state index in [1.807, 2.05) is 9.80 Å². The van der Waals surface area contributed by atoms with E-state index >= 15 is 0 Å². The Kier molecular flexibility index (Phi) is 4.48. The molecule has 0 aromatic rings. The van der Waals surface area contributed by atoms with Gasteiger partial charge in [0, 0.05) is 26.2 Å². The number of carbonyl (C=O) groups excluding carboxylic acids is 2. The molecule has 0 aromatic heterocycles. The predicted octanol–water partition coefficient (Wildman–Crippen LogP) is 2.04. The quantitative estimate of drug-likeness (QED) is 0.690. The van der Waals surface area contributed by atoms with Crippen LogP contribution in [0.15, 0.2) is 0 Å².